The molecule has 0 amide bonds. The standard InChI is InChI=1S/C12H14N2O/c1-12(2,3)15-14-9-11-6-4-5-10(7-11)8-13/h4-7,9H,1-3H3. The number of hydrogen-bond donors (Lipinski definition) is 0. The lowest BCUT2D eigenvalue weighted by Gasteiger charge is -2.14. The fraction of sp³-hybridized carbons (Fsp3) is 0.333. The fourth-order valence-electron chi connectivity index (χ4n) is 0.934. The normalized spacial score (nSPS) is 11.3. The molecule has 0 aliphatic carbocycles. The average Bonchev–Trinajstić information content (AvgIpc) is 2.16. The number of hydrogen-bond acceptors (Lipinski definition) is 3. The molecule has 0 heterocycles. The van der Waals surface area contributed by atoms with E-state index in [9.17, 15) is 0 Å². The van der Waals surface area contributed by atoms with Crippen LogP contribution in [-0.4, -0.2) is 11.8 Å². The highest BCUT2D eigenvalue weighted by Crippen LogP contribution is 2.07. The Bertz CT molecular complexity index is 397. The lowest BCUT2D eigenvalue weighted by atomic mass is 10.1. The topological polar surface area (TPSA) is 45.4 Å². The van der Waals surface area contributed by atoms with Crippen molar-refractivity contribution in [1.29, 1.82) is 5.26 Å². The summed E-state index contributed by atoms with van der Waals surface area (Å²) in [6, 6.07) is 9.27. The van der Waals surface area contributed by atoms with Crippen molar-refractivity contribution in [2.45, 2.75) is 26.4 Å². The molecule has 0 fully saturated rings. The molecule has 0 aromatic heterocycles. The summed E-state index contributed by atoms with van der Waals surface area (Å²) < 4.78 is 0. The zero-order valence-corrected chi connectivity index (χ0v) is 9.19. The van der Waals surface area contributed by atoms with E-state index in [-0.39, 0.29) is 5.60 Å². The average molecular weight is 202 g/mol. The molecule has 0 bridgehead atoms. The van der Waals surface area contributed by atoms with Crippen LogP contribution in [0.2, 0.25) is 0 Å². The van der Waals surface area contributed by atoms with Gasteiger partial charge >= 0.3 is 0 Å². The third-order valence-electron chi connectivity index (χ3n) is 1.54. The number of oxime groups is 1. The van der Waals surface area contributed by atoms with Crippen LogP contribution in [0.25, 0.3) is 0 Å². The van der Waals surface area contributed by atoms with Crippen LogP contribution in [0.5, 0.6) is 0 Å². The van der Waals surface area contributed by atoms with Crippen molar-refractivity contribution in [3.8, 4) is 6.07 Å². The predicted molar refractivity (Wildman–Crippen MR) is 59.6 cm³/mol. The third kappa shape index (κ3) is 4.28. The Balaban J connectivity index is 2.69. The summed E-state index contributed by atoms with van der Waals surface area (Å²) in [5, 5.41) is 12.5. The lowest BCUT2D eigenvalue weighted by molar-refractivity contribution is 0.00199. The molecule has 1 aromatic carbocycles. The molecule has 0 unspecified atom stereocenters. The lowest BCUT2D eigenvalue weighted by Crippen LogP contribution is -2.15. The second-order valence-corrected chi connectivity index (χ2v) is 4.18. The van der Waals surface area contributed by atoms with Gasteiger partial charge in [0.15, 0.2) is 0 Å². The maximum atomic E-state index is 8.69. The highest BCUT2D eigenvalue weighted by molar-refractivity contribution is 5.79. The molecule has 3 heteroatoms. The first-order chi connectivity index (χ1) is 7.01. The Hall–Kier alpha value is -1.82. The summed E-state index contributed by atoms with van der Waals surface area (Å²) in [6.45, 7) is 5.78. The van der Waals surface area contributed by atoms with Crippen LogP contribution in [0, 0.1) is 11.3 Å². The molecule has 0 N–H and O–H groups in total. The first kappa shape index (κ1) is 11.3. The Morgan fingerprint density at radius 3 is 2.73 bits per heavy atom. The summed E-state index contributed by atoms with van der Waals surface area (Å²) in [5.74, 6) is 0. The Labute approximate surface area is 90.0 Å². The molecule has 78 valence electrons. The maximum Gasteiger partial charge on any atom is 0.129 e. The largest absolute Gasteiger partial charge is 0.390 e. The van der Waals surface area contributed by atoms with Crippen molar-refractivity contribution in [2.24, 2.45) is 5.16 Å². The summed E-state index contributed by atoms with van der Waals surface area (Å²) in [5.41, 5.74) is 1.19. The van der Waals surface area contributed by atoms with Crippen LogP contribution in [-0.2, 0) is 4.84 Å². The van der Waals surface area contributed by atoms with Gasteiger partial charge in [-0.05, 0) is 38.5 Å². The van der Waals surface area contributed by atoms with E-state index < -0.39 is 0 Å². The third-order valence-corrected chi connectivity index (χ3v) is 1.54. The minimum Gasteiger partial charge on any atom is -0.390 e. The molecule has 1 aromatic rings. The van der Waals surface area contributed by atoms with Gasteiger partial charge in [0, 0.05) is 0 Å². The summed E-state index contributed by atoms with van der Waals surface area (Å²) >= 11 is 0. The van der Waals surface area contributed by atoms with Crippen molar-refractivity contribution >= 4 is 6.21 Å². The summed E-state index contributed by atoms with van der Waals surface area (Å²) in [7, 11) is 0. The number of nitriles is 1. The molecule has 0 aliphatic rings. The van der Waals surface area contributed by atoms with E-state index in [0.717, 1.165) is 5.56 Å². The highest BCUT2D eigenvalue weighted by Gasteiger charge is 2.09. The minimum atomic E-state index is -0.288. The van der Waals surface area contributed by atoms with Crippen LogP contribution in [0.4, 0.5) is 0 Å². The van der Waals surface area contributed by atoms with Gasteiger partial charge in [-0.15, -0.1) is 0 Å². The van der Waals surface area contributed by atoms with E-state index >= 15 is 0 Å². The predicted octanol–water partition coefficient (Wildman–Crippen LogP) is 2.71. The molecule has 0 saturated heterocycles. The summed E-state index contributed by atoms with van der Waals surface area (Å²) in [6.07, 6.45) is 1.60. The number of nitrogens with zero attached hydrogens (tertiary/aromatic N) is 2. The first-order valence-corrected chi connectivity index (χ1v) is 4.73. The molecule has 1 rings (SSSR count). The Kier molecular flexibility index (Phi) is 3.46. The van der Waals surface area contributed by atoms with Gasteiger partial charge in [0.25, 0.3) is 0 Å². The molecule has 0 aliphatic heterocycles. The van der Waals surface area contributed by atoms with Gasteiger partial charge in [-0.3, -0.25) is 0 Å². The van der Waals surface area contributed by atoms with Crippen LogP contribution in [0.3, 0.4) is 0 Å². The van der Waals surface area contributed by atoms with Gasteiger partial charge in [-0.1, -0.05) is 17.3 Å². The zero-order chi connectivity index (χ0) is 11.3. The maximum absolute atomic E-state index is 8.69. The fourth-order valence-corrected chi connectivity index (χ4v) is 0.934. The van der Waals surface area contributed by atoms with Gasteiger partial charge in [-0.2, -0.15) is 5.26 Å². The van der Waals surface area contributed by atoms with Crippen LogP contribution in [0.15, 0.2) is 29.4 Å². The van der Waals surface area contributed by atoms with E-state index in [4.69, 9.17) is 10.1 Å². The Morgan fingerprint density at radius 2 is 2.13 bits per heavy atom. The van der Waals surface area contributed by atoms with E-state index in [0.29, 0.717) is 5.56 Å². The molecule has 0 atom stereocenters. The van der Waals surface area contributed by atoms with Gasteiger partial charge in [0.05, 0.1) is 17.8 Å². The zero-order valence-electron chi connectivity index (χ0n) is 9.19. The number of rotatable bonds is 2. The van der Waals surface area contributed by atoms with Gasteiger partial charge < -0.3 is 4.84 Å². The molecule has 0 radical (unpaired) electrons. The van der Waals surface area contributed by atoms with Crippen LogP contribution >= 0.6 is 0 Å². The van der Waals surface area contributed by atoms with E-state index in [1.54, 1.807) is 18.3 Å². The highest BCUT2D eigenvalue weighted by atomic mass is 16.6. The molecular formula is C12H14N2O. The smallest absolute Gasteiger partial charge is 0.129 e. The molecule has 0 saturated carbocycles. The minimum absolute atomic E-state index is 0.288. The van der Waals surface area contributed by atoms with Crippen molar-refractivity contribution in [3.05, 3.63) is 35.4 Å². The van der Waals surface area contributed by atoms with Crippen molar-refractivity contribution in [1.82, 2.24) is 0 Å². The number of benzene rings is 1. The summed E-state index contributed by atoms with van der Waals surface area (Å²) in [4.78, 5) is 5.19. The molecular weight excluding hydrogens is 188 g/mol. The van der Waals surface area contributed by atoms with E-state index in [1.165, 1.54) is 0 Å². The quantitative estimate of drug-likeness (QED) is 0.546. The molecule has 0 spiro atoms. The van der Waals surface area contributed by atoms with Gasteiger partial charge in [-0.25, -0.2) is 0 Å². The monoisotopic (exact) mass is 202 g/mol. The van der Waals surface area contributed by atoms with Crippen molar-refractivity contribution in [2.75, 3.05) is 0 Å². The van der Waals surface area contributed by atoms with Crippen LogP contribution in [0.1, 0.15) is 31.9 Å². The van der Waals surface area contributed by atoms with E-state index in [1.807, 2.05) is 32.9 Å². The van der Waals surface area contributed by atoms with Gasteiger partial charge in [0.1, 0.15) is 5.60 Å². The Morgan fingerprint density at radius 1 is 1.40 bits per heavy atom. The van der Waals surface area contributed by atoms with Gasteiger partial charge in [0.2, 0.25) is 0 Å². The van der Waals surface area contributed by atoms with Crippen molar-refractivity contribution in [3.63, 3.8) is 0 Å². The van der Waals surface area contributed by atoms with E-state index in [2.05, 4.69) is 11.2 Å². The van der Waals surface area contributed by atoms with Crippen molar-refractivity contribution < 1.29 is 4.84 Å². The molecule has 3 nitrogen and oxygen atoms in total. The van der Waals surface area contributed by atoms with Crippen LogP contribution < -0.4 is 0 Å². The second kappa shape index (κ2) is 4.61. The first-order valence-electron chi connectivity index (χ1n) is 4.73. The SMILES string of the molecule is CC(C)(C)ON=Cc1cccc(C#N)c1. The molecule has 15 heavy (non-hydrogen) atoms. The second-order valence-electron chi connectivity index (χ2n) is 4.18.